The highest BCUT2D eigenvalue weighted by Gasteiger charge is 2.40. The molecule has 6 rings (SSSR count). The van der Waals surface area contributed by atoms with E-state index in [0.717, 1.165) is 22.4 Å². The maximum atomic E-state index is 14.6. The lowest BCUT2D eigenvalue weighted by atomic mass is 9.98. The monoisotopic (exact) mass is 647 g/mol. The molecule has 1 aliphatic heterocycles. The Morgan fingerprint density at radius 2 is 1.47 bits per heavy atom. The second kappa shape index (κ2) is 13.2. The number of nitrogens with one attached hydrogen (secondary N) is 1. The lowest BCUT2D eigenvalue weighted by Gasteiger charge is -2.46. The first-order chi connectivity index (χ1) is 22.6. The topological polar surface area (TPSA) is 88.2 Å². The Morgan fingerprint density at radius 3 is 2.11 bits per heavy atom. The molecule has 8 nitrogen and oxygen atoms in total. The number of hydrogen-bond acceptors (Lipinski definition) is 6. The summed E-state index contributed by atoms with van der Waals surface area (Å²) in [5.74, 6) is 1.04. The van der Waals surface area contributed by atoms with Crippen molar-refractivity contribution in [2.24, 2.45) is 0 Å². The van der Waals surface area contributed by atoms with Gasteiger partial charge in [0.15, 0.2) is 0 Å². The van der Waals surface area contributed by atoms with Gasteiger partial charge in [-0.15, -0.1) is 0 Å². The minimum Gasteiger partial charge on any atom is -0.497 e. The van der Waals surface area contributed by atoms with Crippen molar-refractivity contribution in [1.82, 2.24) is 0 Å². The lowest BCUT2D eigenvalue weighted by molar-refractivity contribution is 0.0968. The summed E-state index contributed by atoms with van der Waals surface area (Å²) in [5, 5.41) is 0. The highest BCUT2D eigenvalue weighted by atomic mass is 32.2. The van der Waals surface area contributed by atoms with Gasteiger partial charge in [0, 0.05) is 17.9 Å². The van der Waals surface area contributed by atoms with Crippen molar-refractivity contribution >= 4 is 33.0 Å². The van der Waals surface area contributed by atoms with Crippen LogP contribution in [0.3, 0.4) is 0 Å². The van der Waals surface area contributed by atoms with Crippen molar-refractivity contribution in [2.75, 3.05) is 21.6 Å². The molecule has 9 heteroatoms. The van der Waals surface area contributed by atoms with Gasteiger partial charge in [-0.3, -0.25) is 14.4 Å². The number of amides is 1. The van der Waals surface area contributed by atoms with Crippen molar-refractivity contribution < 1.29 is 22.7 Å². The van der Waals surface area contributed by atoms with Crippen molar-refractivity contribution in [2.45, 2.75) is 44.5 Å². The van der Waals surface area contributed by atoms with Crippen LogP contribution >= 0.6 is 0 Å². The number of sulfonamides is 1. The van der Waals surface area contributed by atoms with Crippen LogP contribution in [0.4, 0.5) is 17.1 Å². The van der Waals surface area contributed by atoms with Gasteiger partial charge in [-0.25, -0.2) is 8.42 Å². The number of carbonyl (C=O) groups excluding carboxylic acids is 1. The molecule has 240 valence electrons. The molecule has 0 saturated carbocycles. The number of hydrogen-bond donors (Lipinski definition) is 1. The van der Waals surface area contributed by atoms with Crippen molar-refractivity contribution in [3.63, 3.8) is 0 Å². The summed E-state index contributed by atoms with van der Waals surface area (Å²) in [5.41, 5.74) is 4.99. The van der Waals surface area contributed by atoms with Gasteiger partial charge in [-0.05, 0) is 98.6 Å². The maximum absolute atomic E-state index is 14.6. The molecule has 1 aliphatic rings. The summed E-state index contributed by atoms with van der Waals surface area (Å²) < 4.78 is 41.0. The van der Waals surface area contributed by atoms with Crippen LogP contribution in [0.25, 0.3) is 0 Å². The molecule has 0 unspecified atom stereocenters. The molecule has 0 bridgehead atoms. The smallest absolute Gasteiger partial charge is 0.262 e. The predicted octanol–water partition coefficient (Wildman–Crippen LogP) is 7.96. The fraction of sp³-hybridized carbons (Fsp3) is 0.184. The summed E-state index contributed by atoms with van der Waals surface area (Å²) in [6.07, 6.45) is -0.516. The number of methoxy groups -OCH3 is 1. The van der Waals surface area contributed by atoms with Gasteiger partial charge in [0.2, 0.25) is 0 Å². The van der Waals surface area contributed by atoms with Crippen LogP contribution in [-0.4, -0.2) is 27.5 Å². The van der Waals surface area contributed by atoms with E-state index < -0.39 is 16.2 Å². The third-order valence-electron chi connectivity index (χ3n) is 7.98. The highest BCUT2D eigenvalue weighted by molar-refractivity contribution is 7.92. The number of aryl methyl sites for hydroxylation is 1. The molecule has 5 aromatic rings. The molecule has 0 radical (unpaired) electrons. The van der Waals surface area contributed by atoms with E-state index in [4.69, 9.17) is 9.47 Å². The molecule has 1 N–H and O–H groups in total. The Labute approximate surface area is 276 Å². The first-order valence-electron chi connectivity index (χ1n) is 15.4. The minimum absolute atomic E-state index is 0.0161. The van der Waals surface area contributed by atoms with E-state index in [1.807, 2.05) is 99.6 Å². The summed E-state index contributed by atoms with van der Waals surface area (Å²) in [6, 6.07) is 37.0. The summed E-state index contributed by atoms with van der Waals surface area (Å²) in [6.45, 7) is 6.42. The van der Waals surface area contributed by atoms with E-state index in [0.29, 0.717) is 29.4 Å². The van der Waals surface area contributed by atoms with E-state index in [-0.39, 0.29) is 22.5 Å². The first kappa shape index (κ1) is 31.7. The molecule has 0 spiro atoms. The second-order valence-corrected chi connectivity index (χ2v) is 13.4. The van der Waals surface area contributed by atoms with Crippen molar-refractivity contribution in [3.8, 4) is 11.5 Å². The molecule has 1 amide bonds. The van der Waals surface area contributed by atoms with Gasteiger partial charge >= 0.3 is 0 Å². The van der Waals surface area contributed by atoms with Gasteiger partial charge < -0.3 is 14.4 Å². The SMILES string of the molecule is COc1ccc(NS(=O)(=O)c2ccc3c(c2)C(=O)N(c2ccc(C)cc2)[C@@H](c2ccc(OC(C)C)cc2)N3Cc2ccccc2)cc1. The molecule has 1 heterocycles. The maximum Gasteiger partial charge on any atom is 0.262 e. The molecule has 0 fully saturated rings. The molecule has 5 aromatic carbocycles. The van der Waals surface area contributed by atoms with E-state index in [9.17, 15) is 13.2 Å². The number of benzene rings is 5. The number of nitrogens with zero attached hydrogens (tertiary/aromatic N) is 2. The quantitative estimate of drug-likeness (QED) is 0.166. The zero-order valence-electron chi connectivity index (χ0n) is 26.8. The third-order valence-corrected chi connectivity index (χ3v) is 9.36. The Kier molecular flexibility index (Phi) is 8.91. The van der Waals surface area contributed by atoms with Crippen LogP contribution in [0.15, 0.2) is 126 Å². The molecular formula is C38H37N3O5S. The minimum atomic E-state index is -4.03. The largest absolute Gasteiger partial charge is 0.497 e. The van der Waals surface area contributed by atoms with Gasteiger partial charge in [-0.1, -0.05) is 60.2 Å². The average molecular weight is 648 g/mol. The summed E-state index contributed by atoms with van der Waals surface area (Å²) >= 11 is 0. The van der Waals surface area contributed by atoms with Gasteiger partial charge in [0.05, 0.1) is 29.4 Å². The van der Waals surface area contributed by atoms with Crippen molar-refractivity contribution in [3.05, 3.63) is 144 Å². The van der Waals surface area contributed by atoms with Crippen LogP contribution in [0.1, 0.15) is 47.1 Å². The van der Waals surface area contributed by atoms with E-state index in [2.05, 4.69) is 9.62 Å². The fourth-order valence-corrected chi connectivity index (χ4v) is 6.81. The molecular weight excluding hydrogens is 611 g/mol. The number of anilines is 3. The zero-order valence-corrected chi connectivity index (χ0v) is 27.6. The van der Waals surface area contributed by atoms with Gasteiger partial charge in [0.25, 0.3) is 15.9 Å². The molecule has 1 atom stereocenters. The molecule has 47 heavy (non-hydrogen) atoms. The number of rotatable bonds is 10. The van der Waals surface area contributed by atoms with Crippen LogP contribution in [0.5, 0.6) is 11.5 Å². The second-order valence-electron chi connectivity index (χ2n) is 11.7. The van der Waals surface area contributed by atoms with Crippen LogP contribution in [0, 0.1) is 6.92 Å². The molecule has 0 saturated heterocycles. The lowest BCUT2D eigenvalue weighted by Crippen LogP contribution is -2.49. The van der Waals surface area contributed by atoms with Crippen LogP contribution in [-0.2, 0) is 16.6 Å². The number of ether oxygens (including phenoxy) is 2. The van der Waals surface area contributed by atoms with Gasteiger partial charge in [0.1, 0.15) is 17.7 Å². The highest BCUT2D eigenvalue weighted by Crippen LogP contribution is 2.43. The average Bonchev–Trinajstić information content (AvgIpc) is 3.07. The normalized spacial score (nSPS) is 14.6. The standard InChI is InChI=1S/C38H37N3O5S/c1-26(2)46-33-18-12-29(13-19-33)37-40(25-28-8-6-5-7-9-28)36-23-22-34(47(43,44)39-30-14-20-32(45-4)21-15-30)24-35(36)38(42)41(37)31-16-10-27(3)11-17-31/h5-24,26,37,39H,25H2,1-4H3/t37-/m0/s1. The van der Waals surface area contributed by atoms with Crippen LogP contribution in [0.2, 0.25) is 0 Å². The van der Waals surface area contributed by atoms with Crippen molar-refractivity contribution in [1.29, 1.82) is 0 Å². The van der Waals surface area contributed by atoms with Gasteiger partial charge in [-0.2, -0.15) is 0 Å². The Balaban J connectivity index is 1.49. The summed E-state index contributed by atoms with van der Waals surface area (Å²) in [4.78, 5) is 18.5. The zero-order chi connectivity index (χ0) is 33.1. The Bertz CT molecular complexity index is 1960. The third kappa shape index (κ3) is 6.80. The predicted molar refractivity (Wildman–Crippen MR) is 186 cm³/mol. The Morgan fingerprint density at radius 1 is 0.809 bits per heavy atom. The van der Waals surface area contributed by atoms with Crippen LogP contribution < -0.4 is 24.0 Å². The van der Waals surface area contributed by atoms with E-state index >= 15 is 0 Å². The molecule has 0 aromatic heterocycles. The van der Waals surface area contributed by atoms with E-state index in [1.165, 1.54) is 6.07 Å². The first-order valence-corrected chi connectivity index (χ1v) is 16.9. The fourth-order valence-electron chi connectivity index (χ4n) is 5.72. The number of carbonyl (C=O) groups is 1. The van der Waals surface area contributed by atoms with E-state index in [1.54, 1.807) is 48.4 Å². The summed E-state index contributed by atoms with van der Waals surface area (Å²) in [7, 11) is -2.48. The Hall–Kier alpha value is -5.28. The number of fused-ring (bicyclic) bond motifs is 1. The molecule has 0 aliphatic carbocycles.